The van der Waals surface area contributed by atoms with Crippen LogP contribution in [0, 0.1) is 5.41 Å². The standard InChI is InChI=1S/C16H26N2O4/c1-16(2,3)13(19)9-10-17-15(20)18-11-7-6-8-12(21-4)14(11)22-5/h6-8,13,19H,9-10H2,1-5H3,(H2,17,18,20)/t13-/m0/s1. The lowest BCUT2D eigenvalue weighted by atomic mass is 9.87. The lowest BCUT2D eigenvalue weighted by Gasteiger charge is -2.25. The summed E-state index contributed by atoms with van der Waals surface area (Å²) >= 11 is 0. The molecule has 0 saturated carbocycles. The van der Waals surface area contributed by atoms with Crippen molar-refractivity contribution in [3.8, 4) is 11.5 Å². The SMILES string of the molecule is COc1cccc(NC(=O)NCC[C@H](O)C(C)(C)C)c1OC. The number of amides is 2. The van der Waals surface area contributed by atoms with Crippen LogP contribution >= 0.6 is 0 Å². The number of urea groups is 1. The van der Waals surface area contributed by atoms with Gasteiger partial charge in [-0.15, -0.1) is 0 Å². The fourth-order valence-corrected chi connectivity index (χ4v) is 1.91. The Balaban J connectivity index is 2.56. The van der Waals surface area contributed by atoms with Crippen LogP contribution in [0.3, 0.4) is 0 Å². The van der Waals surface area contributed by atoms with Crippen molar-refractivity contribution in [1.82, 2.24) is 5.32 Å². The third kappa shape index (κ3) is 5.11. The maximum absolute atomic E-state index is 11.9. The average molecular weight is 310 g/mol. The maximum Gasteiger partial charge on any atom is 0.319 e. The Bertz CT molecular complexity index is 497. The molecular formula is C16H26N2O4. The number of rotatable bonds is 6. The molecule has 0 unspecified atom stereocenters. The minimum absolute atomic E-state index is 0.200. The molecule has 6 nitrogen and oxygen atoms in total. The molecule has 0 saturated heterocycles. The van der Waals surface area contributed by atoms with E-state index in [0.717, 1.165) is 0 Å². The first-order chi connectivity index (χ1) is 10.3. The largest absolute Gasteiger partial charge is 0.493 e. The number of aliphatic hydroxyl groups is 1. The molecule has 0 bridgehead atoms. The zero-order chi connectivity index (χ0) is 16.8. The minimum atomic E-state index is -0.473. The van der Waals surface area contributed by atoms with Crippen LogP contribution in [0.15, 0.2) is 18.2 Å². The number of hydrogen-bond donors (Lipinski definition) is 3. The molecule has 0 radical (unpaired) electrons. The van der Waals surface area contributed by atoms with E-state index in [9.17, 15) is 9.90 Å². The van der Waals surface area contributed by atoms with Gasteiger partial charge in [-0.05, 0) is 24.0 Å². The van der Waals surface area contributed by atoms with Crippen molar-refractivity contribution in [2.75, 3.05) is 26.1 Å². The second kappa shape index (κ2) is 7.89. The summed E-state index contributed by atoms with van der Waals surface area (Å²) in [5, 5.41) is 15.4. The molecule has 1 atom stereocenters. The Morgan fingerprint density at radius 2 is 1.95 bits per heavy atom. The zero-order valence-corrected chi connectivity index (χ0v) is 13.9. The fourth-order valence-electron chi connectivity index (χ4n) is 1.91. The highest BCUT2D eigenvalue weighted by molar-refractivity contribution is 5.91. The third-order valence-corrected chi connectivity index (χ3v) is 3.35. The molecule has 6 heteroatoms. The van der Waals surface area contributed by atoms with Gasteiger partial charge in [-0.1, -0.05) is 26.8 Å². The van der Waals surface area contributed by atoms with Crippen molar-refractivity contribution in [3.63, 3.8) is 0 Å². The van der Waals surface area contributed by atoms with Crippen LogP contribution in [-0.2, 0) is 0 Å². The van der Waals surface area contributed by atoms with Crippen LogP contribution in [0.4, 0.5) is 10.5 Å². The van der Waals surface area contributed by atoms with Gasteiger partial charge < -0.3 is 25.2 Å². The summed E-state index contributed by atoms with van der Waals surface area (Å²) in [6.07, 6.45) is 0.0192. The molecule has 0 aliphatic heterocycles. The van der Waals surface area contributed by atoms with Crippen molar-refractivity contribution in [2.24, 2.45) is 5.41 Å². The second-order valence-electron chi connectivity index (χ2n) is 6.09. The van der Waals surface area contributed by atoms with Gasteiger partial charge in [-0.25, -0.2) is 4.79 Å². The van der Waals surface area contributed by atoms with Crippen molar-refractivity contribution in [3.05, 3.63) is 18.2 Å². The van der Waals surface area contributed by atoms with Gasteiger partial charge in [0.15, 0.2) is 11.5 Å². The Labute approximate surface area is 131 Å². The number of benzene rings is 1. The lowest BCUT2D eigenvalue weighted by molar-refractivity contribution is 0.0565. The lowest BCUT2D eigenvalue weighted by Crippen LogP contribution is -2.34. The van der Waals surface area contributed by atoms with E-state index in [-0.39, 0.29) is 11.4 Å². The number of ether oxygens (including phenoxy) is 2. The van der Waals surface area contributed by atoms with E-state index in [1.54, 1.807) is 18.2 Å². The van der Waals surface area contributed by atoms with E-state index in [1.807, 2.05) is 20.8 Å². The van der Waals surface area contributed by atoms with E-state index in [1.165, 1.54) is 14.2 Å². The summed E-state index contributed by atoms with van der Waals surface area (Å²) in [5.41, 5.74) is 0.324. The summed E-state index contributed by atoms with van der Waals surface area (Å²) in [4.78, 5) is 11.9. The Morgan fingerprint density at radius 3 is 2.50 bits per heavy atom. The van der Waals surface area contributed by atoms with Gasteiger partial charge in [0.1, 0.15) is 0 Å². The molecule has 2 amide bonds. The molecule has 0 spiro atoms. The van der Waals surface area contributed by atoms with Crippen LogP contribution < -0.4 is 20.1 Å². The summed E-state index contributed by atoms with van der Waals surface area (Å²) in [6.45, 7) is 6.26. The smallest absolute Gasteiger partial charge is 0.319 e. The average Bonchev–Trinajstić information content (AvgIpc) is 2.45. The van der Waals surface area contributed by atoms with E-state index >= 15 is 0 Å². The zero-order valence-electron chi connectivity index (χ0n) is 13.9. The monoisotopic (exact) mass is 310 g/mol. The third-order valence-electron chi connectivity index (χ3n) is 3.35. The Morgan fingerprint density at radius 1 is 1.27 bits per heavy atom. The summed E-state index contributed by atoms with van der Waals surface area (Å²) in [6, 6.07) is 4.89. The molecule has 0 aliphatic rings. The van der Waals surface area contributed by atoms with Gasteiger partial charge in [0.2, 0.25) is 0 Å². The van der Waals surface area contributed by atoms with Gasteiger partial charge in [-0.3, -0.25) is 0 Å². The first-order valence-corrected chi connectivity index (χ1v) is 7.23. The topological polar surface area (TPSA) is 79.8 Å². The van der Waals surface area contributed by atoms with Crippen LogP contribution in [0.5, 0.6) is 11.5 Å². The first kappa shape index (κ1) is 18.1. The molecule has 0 fully saturated rings. The quantitative estimate of drug-likeness (QED) is 0.754. The summed E-state index contributed by atoms with van der Waals surface area (Å²) < 4.78 is 10.4. The highest BCUT2D eigenvalue weighted by atomic mass is 16.5. The Kier molecular flexibility index (Phi) is 6.49. The molecule has 0 heterocycles. The number of nitrogens with one attached hydrogen (secondary N) is 2. The number of carbonyl (C=O) groups excluding carboxylic acids is 1. The number of hydrogen-bond acceptors (Lipinski definition) is 4. The predicted octanol–water partition coefficient (Wildman–Crippen LogP) is 2.62. The van der Waals surface area contributed by atoms with Crippen molar-refractivity contribution < 1.29 is 19.4 Å². The molecule has 22 heavy (non-hydrogen) atoms. The highest BCUT2D eigenvalue weighted by Crippen LogP contribution is 2.34. The molecule has 1 aromatic rings. The van der Waals surface area contributed by atoms with Crippen LogP contribution in [0.2, 0.25) is 0 Å². The van der Waals surface area contributed by atoms with Gasteiger partial charge >= 0.3 is 6.03 Å². The molecule has 0 aliphatic carbocycles. The minimum Gasteiger partial charge on any atom is -0.493 e. The van der Waals surface area contributed by atoms with Crippen molar-refractivity contribution in [1.29, 1.82) is 0 Å². The van der Waals surface area contributed by atoms with Crippen LogP contribution in [-0.4, -0.2) is 38.0 Å². The maximum atomic E-state index is 11.9. The van der Waals surface area contributed by atoms with E-state index in [0.29, 0.717) is 30.2 Å². The normalized spacial score (nSPS) is 12.5. The molecule has 3 N–H and O–H groups in total. The van der Waals surface area contributed by atoms with Crippen LogP contribution in [0.25, 0.3) is 0 Å². The van der Waals surface area contributed by atoms with Gasteiger partial charge in [0.05, 0.1) is 26.0 Å². The number of anilines is 1. The molecule has 1 aromatic carbocycles. The first-order valence-electron chi connectivity index (χ1n) is 7.23. The molecule has 0 aromatic heterocycles. The second-order valence-corrected chi connectivity index (χ2v) is 6.09. The van der Waals surface area contributed by atoms with Crippen LogP contribution in [0.1, 0.15) is 27.2 Å². The number of carbonyl (C=O) groups is 1. The fraction of sp³-hybridized carbons (Fsp3) is 0.562. The molecule has 1 rings (SSSR count). The number of aliphatic hydroxyl groups excluding tert-OH is 1. The summed E-state index contributed by atoms with van der Waals surface area (Å²) in [7, 11) is 3.05. The van der Waals surface area contributed by atoms with Gasteiger partial charge in [-0.2, -0.15) is 0 Å². The van der Waals surface area contributed by atoms with Crippen molar-refractivity contribution in [2.45, 2.75) is 33.3 Å². The van der Waals surface area contributed by atoms with E-state index in [2.05, 4.69) is 10.6 Å². The van der Waals surface area contributed by atoms with Crippen molar-refractivity contribution >= 4 is 11.7 Å². The number of methoxy groups -OCH3 is 2. The number of para-hydroxylation sites is 1. The van der Waals surface area contributed by atoms with E-state index < -0.39 is 6.10 Å². The predicted molar refractivity (Wildman–Crippen MR) is 86.6 cm³/mol. The summed E-state index contributed by atoms with van der Waals surface area (Å²) in [5.74, 6) is 1.01. The highest BCUT2D eigenvalue weighted by Gasteiger charge is 2.21. The Hall–Kier alpha value is -1.95. The molecule has 124 valence electrons. The van der Waals surface area contributed by atoms with Gasteiger partial charge in [0.25, 0.3) is 0 Å². The molecular weight excluding hydrogens is 284 g/mol. The van der Waals surface area contributed by atoms with Gasteiger partial charge in [0, 0.05) is 6.54 Å². The van der Waals surface area contributed by atoms with E-state index in [4.69, 9.17) is 9.47 Å².